The average molecular weight is 326 g/mol. The summed E-state index contributed by atoms with van der Waals surface area (Å²) < 4.78 is 1.85. The van der Waals surface area contributed by atoms with E-state index in [1.165, 1.54) is 0 Å². The Morgan fingerprint density at radius 2 is 1.84 bits per heavy atom. The molecule has 0 amide bonds. The maximum atomic E-state index is 4.62. The Morgan fingerprint density at radius 1 is 0.920 bits per heavy atom. The number of fused-ring (bicyclic) bond motifs is 2. The molecule has 0 atom stereocenters. The minimum absolute atomic E-state index is 0.558. The summed E-state index contributed by atoms with van der Waals surface area (Å²) >= 11 is 0. The van der Waals surface area contributed by atoms with Crippen LogP contribution < -0.4 is 5.32 Å². The van der Waals surface area contributed by atoms with Gasteiger partial charge in [0.1, 0.15) is 0 Å². The standard InChI is InChI=1S/C19H14N6/c1-2-5-13(6-3-1)17-7-4-8-18-22-19(24-25(17)18)21-15-10-9-14-12-20-23-16(14)11-15/h1-12H,(H,20,23)(H,21,24). The second-order valence-electron chi connectivity index (χ2n) is 5.78. The number of aromatic amines is 1. The lowest BCUT2D eigenvalue weighted by molar-refractivity contribution is 0.973. The van der Waals surface area contributed by atoms with Gasteiger partial charge >= 0.3 is 0 Å². The average Bonchev–Trinajstić information content (AvgIpc) is 3.27. The predicted octanol–water partition coefficient (Wildman–Crippen LogP) is 4.02. The maximum Gasteiger partial charge on any atom is 0.247 e. The number of pyridine rings is 1. The van der Waals surface area contributed by atoms with Crippen molar-refractivity contribution in [1.29, 1.82) is 0 Å². The van der Waals surface area contributed by atoms with E-state index >= 15 is 0 Å². The Morgan fingerprint density at radius 3 is 2.76 bits per heavy atom. The molecule has 0 saturated carbocycles. The van der Waals surface area contributed by atoms with Crippen LogP contribution in [0.15, 0.2) is 72.9 Å². The Bertz CT molecular complexity index is 1170. The third-order valence-electron chi connectivity index (χ3n) is 4.13. The molecule has 120 valence electrons. The molecule has 3 aromatic heterocycles. The SMILES string of the molecule is c1ccc(-c2cccc3nc(Nc4ccc5cn[nH]c5c4)nn23)cc1. The highest BCUT2D eigenvalue weighted by molar-refractivity contribution is 5.82. The number of rotatable bonds is 3. The van der Waals surface area contributed by atoms with Crippen molar-refractivity contribution in [3.8, 4) is 11.3 Å². The van der Waals surface area contributed by atoms with Crippen LogP contribution in [0.4, 0.5) is 11.6 Å². The number of hydrogen-bond acceptors (Lipinski definition) is 4. The zero-order chi connectivity index (χ0) is 16.6. The summed E-state index contributed by atoms with van der Waals surface area (Å²) in [6, 6.07) is 22.1. The highest BCUT2D eigenvalue weighted by Crippen LogP contribution is 2.23. The van der Waals surface area contributed by atoms with E-state index in [-0.39, 0.29) is 0 Å². The lowest BCUT2D eigenvalue weighted by Crippen LogP contribution is -1.95. The summed E-state index contributed by atoms with van der Waals surface area (Å²) in [5, 5.41) is 16.0. The molecule has 0 spiro atoms. The van der Waals surface area contributed by atoms with Gasteiger partial charge in [-0.2, -0.15) is 10.1 Å². The summed E-state index contributed by atoms with van der Waals surface area (Å²) in [5.74, 6) is 0.558. The molecule has 5 aromatic rings. The lowest BCUT2D eigenvalue weighted by Gasteiger charge is -2.03. The number of aromatic nitrogens is 5. The first-order valence-corrected chi connectivity index (χ1v) is 7.98. The van der Waals surface area contributed by atoms with Gasteiger partial charge in [0.05, 0.1) is 17.4 Å². The van der Waals surface area contributed by atoms with Gasteiger partial charge in [-0.1, -0.05) is 36.4 Å². The summed E-state index contributed by atoms with van der Waals surface area (Å²) in [5.41, 5.74) is 4.78. The van der Waals surface area contributed by atoms with Gasteiger partial charge in [-0.15, -0.1) is 5.10 Å². The van der Waals surface area contributed by atoms with Gasteiger partial charge < -0.3 is 5.32 Å². The molecular formula is C19H14N6. The summed E-state index contributed by atoms with van der Waals surface area (Å²) in [7, 11) is 0. The fraction of sp³-hybridized carbons (Fsp3) is 0. The van der Waals surface area contributed by atoms with Crippen molar-refractivity contribution in [2.24, 2.45) is 0 Å². The van der Waals surface area contributed by atoms with Crippen LogP contribution in [0.2, 0.25) is 0 Å². The van der Waals surface area contributed by atoms with E-state index in [0.717, 1.165) is 33.5 Å². The number of H-pyrrole nitrogens is 1. The molecule has 2 aromatic carbocycles. The van der Waals surface area contributed by atoms with Gasteiger partial charge in [0.2, 0.25) is 5.95 Å². The Balaban J connectivity index is 1.56. The van der Waals surface area contributed by atoms with Crippen LogP contribution in [-0.2, 0) is 0 Å². The molecule has 3 heterocycles. The normalized spacial score (nSPS) is 11.2. The van der Waals surface area contributed by atoms with Crippen molar-refractivity contribution >= 4 is 28.2 Å². The zero-order valence-corrected chi connectivity index (χ0v) is 13.2. The molecule has 0 saturated heterocycles. The Hall–Kier alpha value is -3.67. The third kappa shape index (κ3) is 2.40. The molecule has 0 aliphatic carbocycles. The number of anilines is 2. The molecule has 0 aliphatic rings. The molecule has 0 radical (unpaired) electrons. The number of benzene rings is 2. The van der Waals surface area contributed by atoms with Crippen LogP contribution >= 0.6 is 0 Å². The molecular weight excluding hydrogens is 312 g/mol. The fourth-order valence-corrected chi connectivity index (χ4v) is 2.93. The van der Waals surface area contributed by atoms with Crippen molar-refractivity contribution in [1.82, 2.24) is 24.8 Å². The molecule has 2 N–H and O–H groups in total. The summed E-state index contributed by atoms with van der Waals surface area (Å²) in [4.78, 5) is 4.58. The molecule has 6 nitrogen and oxygen atoms in total. The van der Waals surface area contributed by atoms with E-state index in [9.17, 15) is 0 Å². The van der Waals surface area contributed by atoms with Crippen molar-refractivity contribution < 1.29 is 0 Å². The van der Waals surface area contributed by atoms with Crippen LogP contribution in [0, 0.1) is 0 Å². The van der Waals surface area contributed by atoms with E-state index in [1.54, 1.807) is 6.20 Å². The number of nitrogens with zero attached hydrogens (tertiary/aromatic N) is 4. The highest BCUT2D eigenvalue weighted by atomic mass is 15.4. The Labute approximate surface area is 143 Å². The largest absolute Gasteiger partial charge is 0.323 e. The fourth-order valence-electron chi connectivity index (χ4n) is 2.93. The van der Waals surface area contributed by atoms with Crippen molar-refractivity contribution in [2.75, 3.05) is 5.32 Å². The minimum atomic E-state index is 0.558. The first-order valence-electron chi connectivity index (χ1n) is 7.98. The maximum absolute atomic E-state index is 4.62. The molecule has 0 bridgehead atoms. The zero-order valence-electron chi connectivity index (χ0n) is 13.2. The van der Waals surface area contributed by atoms with E-state index in [2.05, 4.69) is 37.7 Å². The topological polar surface area (TPSA) is 70.9 Å². The van der Waals surface area contributed by atoms with Crippen LogP contribution in [0.1, 0.15) is 0 Å². The first-order chi connectivity index (χ1) is 12.4. The first kappa shape index (κ1) is 13.7. The molecule has 25 heavy (non-hydrogen) atoms. The van der Waals surface area contributed by atoms with Crippen molar-refractivity contribution in [2.45, 2.75) is 0 Å². The quantitative estimate of drug-likeness (QED) is 0.525. The van der Waals surface area contributed by atoms with Crippen LogP contribution in [-0.4, -0.2) is 24.8 Å². The van der Waals surface area contributed by atoms with Gasteiger partial charge in [0, 0.05) is 16.6 Å². The smallest absolute Gasteiger partial charge is 0.247 e. The van der Waals surface area contributed by atoms with Crippen LogP contribution in [0.3, 0.4) is 0 Å². The summed E-state index contributed by atoms with van der Waals surface area (Å²) in [6.07, 6.45) is 1.80. The van der Waals surface area contributed by atoms with Gasteiger partial charge in [-0.25, -0.2) is 4.52 Å². The Kier molecular flexibility index (Phi) is 3.00. The van der Waals surface area contributed by atoms with Crippen molar-refractivity contribution in [3.05, 3.63) is 72.9 Å². The van der Waals surface area contributed by atoms with Gasteiger partial charge in [0.25, 0.3) is 0 Å². The summed E-state index contributed by atoms with van der Waals surface area (Å²) in [6.45, 7) is 0. The van der Waals surface area contributed by atoms with Gasteiger partial charge in [-0.3, -0.25) is 5.10 Å². The molecule has 0 fully saturated rings. The molecule has 0 aliphatic heterocycles. The van der Waals surface area contributed by atoms with E-state index in [1.807, 2.05) is 59.1 Å². The highest BCUT2D eigenvalue weighted by Gasteiger charge is 2.09. The monoisotopic (exact) mass is 326 g/mol. The lowest BCUT2D eigenvalue weighted by atomic mass is 10.1. The second-order valence-corrected chi connectivity index (χ2v) is 5.78. The van der Waals surface area contributed by atoms with Crippen molar-refractivity contribution in [3.63, 3.8) is 0 Å². The van der Waals surface area contributed by atoms with E-state index in [4.69, 9.17) is 0 Å². The predicted molar refractivity (Wildman–Crippen MR) is 97.8 cm³/mol. The molecule has 0 unspecified atom stereocenters. The molecule has 5 rings (SSSR count). The second kappa shape index (κ2) is 5.45. The minimum Gasteiger partial charge on any atom is -0.323 e. The van der Waals surface area contributed by atoms with Crippen LogP contribution in [0.5, 0.6) is 0 Å². The van der Waals surface area contributed by atoms with Gasteiger partial charge in [0.15, 0.2) is 5.65 Å². The van der Waals surface area contributed by atoms with Crippen LogP contribution in [0.25, 0.3) is 27.8 Å². The third-order valence-corrected chi connectivity index (χ3v) is 4.13. The molecule has 6 heteroatoms. The van der Waals surface area contributed by atoms with E-state index < -0.39 is 0 Å². The number of hydrogen-bond donors (Lipinski definition) is 2. The number of nitrogens with one attached hydrogen (secondary N) is 2. The van der Waals surface area contributed by atoms with E-state index in [0.29, 0.717) is 5.95 Å². The van der Waals surface area contributed by atoms with Gasteiger partial charge in [-0.05, 0) is 30.3 Å².